The van der Waals surface area contributed by atoms with Gasteiger partial charge in [-0.3, -0.25) is 0 Å². The van der Waals surface area contributed by atoms with Crippen LogP contribution in [0.5, 0.6) is 0 Å². The maximum absolute atomic E-state index is 11.7. The standard InChI is InChI=1S/C15H24N2O2/c1-4-19-15(18)13-10-12(7-8-14(13)16)17-9-5-6-11(2)3/h7-8,10-11,17H,4-6,9,16H2,1-3H3. The average Bonchev–Trinajstić information content (AvgIpc) is 2.36. The van der Waals surface area contributed by atoms with Crippen molar-refractivity contribution in [3.8, 4) is 0 Å². The molecule has 1 aromatic rings. The Morgan fingerprint density at radius 2 is 2.16 bits per heavy atom. The van der Waals surface area contributed by atoms with Gasteiger partial charge in [-0.25, -0.2) is 4.79 Å². The van der Waals surface area contributed by atoms with Crippen molar-refractivity contribution in [1.29, 1.82) is 0 Å². The van der Waals surface area contributed by atoms with Crippen LogP contribution in [0.4, 0.5) is 11.4 Å². The molecular formula is C15H24N2O2. The summed E-state index contributed by atoms with van der Waals surface area (Å²) in [5.74, 6) is 0.342. The van der Waals surface area contributed by atoms with E-state index in [1.165, 1.54) is 6.42 Å². The van der Waals surface area contributed by atoms with Crippen LogP contribution >= 0.6 is 0 Å². The fraction of sp³-hybridized carbons (Fsp3) is 0.533. The van der Waals surface area contributed by atoms with Gasteiger partial charge in [0.1, 0.15) is 0 Å². The third-order valence-electron chi connectivity index (χ3n) is 2.84. The van der Waals surface area contributed by atoms with Crippen LogP contribution in [0.1, 0.15) is 44.0 Å². The van der Waals surface area contributed by atoms with E-state index in [1.807, 2.05) is 6.07 Å². The molecule has 0 spiro atoms. The third-order valence-corrected chi connectivity index (χ3v) is 2.84. The van der Waals surface area contributed by atoms with Crippen molar-refractivity contribution in [2.75, 3.05) is 24.2 Å². The van der Waals surface area contributed by atoms with Crippen molar-refractivity contribution in [2.24, 2.45) is 5.92 Å². The highest BCUT2D eigenvalue weighted by Gasteiger charge is 2.11. The highest BCUT2D eigenvalue weighted by Crippen LogP contribution is 2.19. The predicted octanol–water partition coefficient (Wildman–Crippen LogP) is 3.29. The van der Waals surface area contributed by atoms with Crippen LogP contribution in [0.3, 0.4) is 0 Å². The molecule has 0 unspecified atom stereocenters. The Bertz CT molecular complexity index is 417. The molecular weight excluding hydrogens is 240 g/mol. The van der Waals surface area contributed by atoms with Crippen molar-refractivity contribution < 1.29 is 9.53 Å². The van der Waals surface area contributed by atoms with E-state index in [0.717, 1.165) is 18.7 Å². The van der Waals surface area contributed by atoms with Gasteiger partial charge < -0.3 is 15.8 Å². The minimum Gasteiger partial charge on any atom is -0.462 e. The topological polar surface area (TPSA) is 64.3 Å². The summed E-state index contributed by atoms with van der Waals surface area (Å²) < 4.78 is 4.97. The van der Waals surface area contributed by atoms with E-state index in [0.29, 0.717) is 23.8 Å². The Balaban J connectivity index is 2.60. The van der Waals surface area contributed by atoms with E-state index < -0.39 is 0 Å². The lowest BCUT2D eigenvalue weighted by atomic mass is 10.1. The highest BCUT2D eigenvalue weighted by molar-refractivity contribution is 5.96. The lowest BCUT2D eigenvalue weighted by molar-refractivity contribution is 0.0527. The first-order valence-corrected chi connectivity index (χ1v) is 6.85. The molecule has 0 fully saturated rings. The van der Waals surface area contributed by atoms with Gasteiger partial charge in [0.2, 0.25) is 0 Å². The summed E-state index contributed by atoms with van der Waals surface area (Å²) in [5.41, 5.74) is 7.57. The summed E-state index contributed by atoms with van der Waals surface area (Å²) in [6, 6.07) is 5.37. The smallest absolute Gasteiger partial charge is 0.340 e. The number of esters is 1. The van der Waals surface area contributed by atoms with Gasteiger partial charge in [-0.05, 0) is 43.9 Å². The second kappa shape index (κ2) is 7.67. The molecule has 106 valence electrons. The molecule has 0 amide bonds. The number of anilines is 2. The number of rotatable bonds is 7. The van der Waals surface area contributed by atoms with Crippen molar-refractivity contribution in [1.82, 2.24) is 0 Å². The number of ether oxygens (including phenoxy) is 1. The van der Waals surface area contributed by atoms with E-state index in [4.69, 9.17) is 10.5 Å². The van der Waals surface area contributed by atoms with Crippen LogP contribution in [0.2, 0.25) is 0 Å². The molecule has 4 nitrogen and oxygen atoms in total. The summed E-state index contributed by atoms with van der Waals surface area (Å²) in [7, 11) is 0. The van der Waals surface area contributed by atoms with Gasteiger partial charge in [-0.1, -0.05) is 13.8 Å². The Morgan fingerprint density at radius 3 is 2.79 bits per heavy atom. The van der Waals surface area contributed by atoms with Crippen LogP contribution in [0.25, 0.3) is 0 Å². The molecule has 0 bridgehead atoms. The fourth-order valence-electron chi connectivity index (χ4n) is 1.79. The third kappa shape index (κ3) is 5.20. The Hall–Kier alpha value is -1.71. The van der Waals surface area contributed by atoms with E-state index in [9.17, 15) is 4.79 Å². The number of nitrogens with two attached hydrogens (primary N) is 1. The summed E-state index contributed by atoms with van der Waals surface area (Å²) in [4.78, 5) is 11.7. The molecule has 0 aliphatic carbocycles. The molecule has 0 radical (unpaired) electrons. The number of carbonyl (C=O) groups excluding carboxylic acids is 1. The lowest BCUT2D eigenvalue weighted by Crippen LogP contribution is -2.09. The minimum absolute atomic E-state index is 0.352. The molecule has 3 N–H and O–H groups in total. The average molecular weight is 264 g/mol. The molecule has 0 aromatic heterocycles. The number of nitrogens with one attached hydrogen (secondary N) is 1. The van der Waals surface area contributed by atoms with Gasteiger partial charge in [0.05, 0.1) is 12.2 Å². The maximum atomic E-state index is 11.7. The number of nitrogen functional groups attached to an aromatic ring is 1. The quantitative estimate of drug-likeness (QED) is 0.450. The fourth-order valence-corrected chi connectivity index (χ4v) is 1.79. The van der Waals surface area contributed by atoms with Crippen molar-refractivity contribution >= 4 is 17.3 Å². The summed E-state index contributed by atoms with van der Waals surface area (Å²) in [5, 5.41) is 3.30. The van der Waals surface area contributed by atoms with Gasteiger partial charge in [0, 0.05) is 17.9 Å². The molecule has 1 rings (SSSR count). The van der Waals surface area contributed by atoms with Crippen LogP contribution in [0.15, 0.2) is 18.2 Å². The van der Waals surface area contributed by atoms with Crippen LogP contribution in [-0.4, -0.2) is 19.1 Å². The Labute approximate surface area is 115 Å². The van der Waals surface area contributed by atoms with Gasteiger partial charge in [0.15, 0.2) is 0 Å². The molecule has 0 heterocycles. The SMILES string of the molecule is CCOC(=O)c1cc(NCCCC(C)C)ccc1N. The number of hydrogen-bond donors (Lipinski definition) is 2. The second-order valence-electron chi connectivity index (χ2n) is 4.99. The monoisotopic (exact) mass is 264 g/mol. The molecule has 4 heteroatoms. The summed E-state index contributed by atoms with van der Waals surface area (Å²) >= 11 is 0. The van der Waals surface area contributed by atoms with E-state index in [-0.39, 0.29) is 5.97 Å². The molecule has 1 aromatic carbocycles. The molecule has 0 aliphatic rings. The Morgan fingerprint density at radius 1 is 1.42 bits per heavy atom. The number of benzene rings is 1. The summed E-state index contributed by atoms with van der Waals surface area (Å²) in [6.07, 6.45) is 2.30. The largest absolute Gasteiger partial charge is 0.462 e. The van der Waals surface area contributed by atoms with Crippen LogP contribution in [0, 0.1) is 5.92 Å². The zero-order valence-electron chi connectivity index (χ0n) is 12.0. The highest BCUT2D eigenvalue weighted by atomic mass is 16.5. The first-order chi connectivity index (χ1) is 9.04. The van der Waals surface area contributed by atoms with Gasteiger partial charge >= 0.3 is 5.97 Å². The predicted molar refractivity (Wildman–Crippen MR) is 79.4 cm³/mol. The van der Waals surface area contributed by atoms with Crippen molar-refractivity contribution in [2.45, 2.75) is 33.6 Å². The molecule has 0 aliphatic heterocycles. The first-order valence-electron chi connectivity index (χ1n) is 6.85. The van der Waals surface area contributed by atoms with Crippen LogP contribution < -0.4 is 11.1 Å². The van der Waals surface area contributed by atoms with Gasteiger partial charge in [-0.2, -0.15) is 0 Å². The number of carbonyl (C=O) groups is 1. The van der Waals surface area contributed by atoms with Crippen LogP contribution in [-0.2, 0) is 4.74 Å². The minimum atomic E-state index is -0.370. The second-order valence-corrected chi connectivity index (χ2v) is 4.99. The first kappa shape index (κ1) is 15.3. The Kier molecular flexibility index (Phi) is 6.19. The zero-order chi connectivity index (χ0) is 14.3. The normalized spacial score (nSPS) is 10.5. The number of hydrogen-bond acceptors (Lipinski definition) is 4. The van der Waals surface area contributed by atoms with E-state index in [1.54, 1.807) is 19.1 Å². The molecule has 19 heavy (non-hydrogen) atoms. The zero-order valence-corrected chi connectivity index (χ0v) is 12.0. The lowest BCUT2D eigenvalue weighted by Gasteiger charge is -2.11. The van der Waals surface area contributed by atoms with E-state index in [2.05, 4.69) is 19.2 Å². The molecule has 0 saturated heterocycles. The summed E-state index contributed by atoms with van der Waals surface area (Å²) in [6.45, 7) is 7.45. The van der Waals surface area contributed by atoms with Gasteiger partial charge in [-0.15, -0.1) is 0 Å². The van der Waals surface area contributed by atoms with E-state index >= 15 is 0 Å². The van der Waals surface area contributed by atoms with Crippen molar-refractivity contribution in [3.05, 3.63) is 23.8 Å². The van der Waals surface area contributed by atoms with Crippen molar-refractivity contribution in [3.63, 3.8) is 0 Å². The molecule has 0 atom stereocenters. The van der Waals surface area contributed by atoms with Gasteiger partial charge in [0.25, 0.3) is 0 Å². The molecule has 0 saturated carbocycles. The maximum Gasteiger partial charge on any atom is 0.340 e.